The Bertz CT molecular complexity index is 371. The van der Waals surface area contributed by atoms with Crippen molar-refractivity contribution in [2.24, 2.45) is 5.73 Å². The third-order valence-corrected chi connectivity index (χ3v) is 3.72. The molecule has 1 heterocycles. The molecule has 0 aromatic rings. The first kappa shape index (κ1) is 14.5. The maximum absolute atomic E-state index is 13.1. The predicted octanol–water partition coefficient (Wildman–Crippen LogP) is 2.51. The van der Waals surface area contributed by atoms with Crippen LogP contribution in [0.2, 0.25) is 0 Å². The minimum atomic E-state index is -2.68. The first-order valence-electron chi connectivity index (χ1n) is 6.69. The SMILES string of the molecule is CC(C)(C)OC(=O)N1CCCC1C1(N)CC(F)(F)C1. The number of rotatable bonds is 1. The van der Waals surface area contributed by atoms with Crippen LogP contribution in [0.4, 0.5) is 13.6 Å². The van der Waals surface area contributed by atoms with Gasteiger partial charge in [0.15, 0.2) is 0 Å². The Labute approximate surface area is 112 Å². The lowest BCUT2D eigenvalue weighted by Crippen LogP contribution is -2.68. The molecule has 19 heavy (non-hydrogen) atoms. The largest absolute Gasteiger partial charge is 0.444 e. The fraction of sp³-hybridized carbons (Fsp3) is 0.923. The van der Waals surface area contributed by atoms with Crippen molar-refractivity contribution in [2.45, 2.75) is 69.6 Å². The van der Waals surface area contributed by atoms with Gasteiger partial charge in [0.05, 0.1) is 6.04 Å². The maximum Gasteiger partial charge on any atom is 0.410 e. The summed E-state index contributed by atoms with van der Waals surface area (Å²) in [5.41, 5.74) is 4.50. The molecule has 0 bridgehead atoms. The van der Waals surface area contributed by atoms with E-state index in [0.717, 1.165) is 6.42 Å². The van der Waals surface area contributed by atoms with Gasteiger partial charge >= 0.3 is 6.09 Å². The standard InChI is InChI=1S/C13H22F2N2O2/c1-11(2,3)19-10(18)17-6-4-5-9(17)12(16)7-13(14,15)8-12/h9H,4-8,16H2,1-3H3. The molecule has 6 heteroatoms. The molecule has 1 saturated carbocycles. The van der Waals surface area contributed by atoms with Gasteiger partial charge in [-0.2, -0.15) is 0 Å². The van der Waals surface area contributed by atoms with E-state index in [-0.39, 0.29) is 18.9 Å². The van der Waals surface area contributed by atoms with E-state index in [1.165, 1.54) is 4.90 Å². The second-order valence-electron chi connectivity index (χ2n) is 6.77. The van der Waals surface area contributed by atoms with Crippen molar-refractivity contribution in [3.8, 4) is 0 Å². The molecule has 1 aliphatic heterocycles. The van der Waals surface area contributed by atoms with Crippen LogP contribution in [-0.2, 0) is 4.74 Å². The van der Waals surface area contributed by atoms with Gasteiger partial charge in [-0.25, -0.2) is 13.6 Å². The van der Waals surface area contributed by atoms with Gasteiger partial charge in [-0.1, -0.05) is 0 Å². The molecule has 4 nitrogen and oxygen atoms in total. The number of carbonyl (C=O) groups is 1. The third-order valence-electron chi connectivity index (χ3n) is 3.72. The number of hydrogen-bond acceptors (Lipinski definition) is 3. The highest BCUT2D eigenvalue weighted by atomic mass is 19.3. The minimum Gasteiger partial charge on any atom is -0.444 e. The quantitative estimate of drug-likeness (QED) is 0.800. The zero-order chi connectivity index (χ0) is 14.5. The lowest BCUT2D eigenvalue weighted by atomic mass is 9.68. The fourth-order valence-corrected chi connectivity index (χ4v) is 3.05. The summed E-state index contributed by atoms with van der Waals surface area (Å²) >= 11 is 0. The first-order chi connectivity index (χ1) is 8.53. The van der Waals surface area contributed by atoms with Crippen molar-refractivity contribution in [3.05, 3.63) is 0 Å². The molecule has 110 valence electrons. The summed E-state index contributed by atoms with van der Waals surface area (Å²) in [4.78, 5) is 13.6. The summed E-state index contributed by atoms with van der Waals surface area (Å²) in [6, 6.07) is -0.332. The molecule has 2 rings (SSSR count). The molecular formula is C13H22F2N2O2. The van der Waals surface area contributed by atoms with Crippen LogP contribution in [0.3, 0.4) is 0 Å². The monoisotopic (exact) mass is 276 g/mol. The van der Waals surface area contributed by atoms with E-state index in [4.69, 9.17) is 10.5 Å². The average Bonchev–Trinajstić information content (AvgIpc) is 2.59. The summed E-state index contributed by atoms with van der Waals surface area (Å²) in [6.45, 7) is 5.88. The average molecular weight is 276 g/mol. The zero-order valence-corrected chi connectivity index (χ0v) is 11.7. The lowest BCUT2D eigenvalue weighted by Gasteiger charge is -2.50. The van der Waals surface area contributed by atoms with Crippen molar-refractivity contribution < 1.29 is 18.3 Å². The van der Waals surface area contributed by atoms with Crippen LogP contribution in [-0.4, -0.2) is 40.6 Å². The number of ether oxygens (including phenoxy) is 1. The van der Waals surface area contributed by atoms with Gasteiger partial charge in [0.25, 0.3) is 5.92 Å². The van der Waals surface area contributed by atoms with Crippen LogP contribution in [0, 0.1) is 0 Å². The highest BCUT2D eigenvalue weighted by Gasteiger charge is 2.60. The van der Waals surface area contributed by atoms with E-state index in [1.807, 2.05) is 0 Å². The number of carbonyl (C=O) groups excluding carboxylic acids is 1. The van der Waals surface area contributed by atoms with Gasteiger partial charge in [0, 0.05) is 24.9 Å². The van der Waals surface area contributed by atoms with Gasteiger partial charge in [-0.05, 0) is 33.6 Å². The van der Waals surface area contributed by atoms with Gasteiger partial charge in [-0.3, -0.25) is 0 Å². The van der Waals surface area contributed by atoms with Gasteiger partial charge < -0.3 is 15.4 Å². The molecule has 0 radical (unpaired) electrons. The Morgan fingerprint density at radius 1 is 1.37 bits per heavy atom. The summed E-state index contributed by atoms with van der Waals surface area (Å²) in [5, 5.41) is 0. The second kappa shape index (κ2) is 4.30. The molecule has 1 aliphatic carbocycles. The highest BCUT2D eigenvalue weighted by molar-refractivity contribution is 5.69. The van der Waals surface area contributed by atoms with Crippen LogP contribution in [0.1, 0.15) is 46.5 Å². The molecule has 0 spiro atoms. The molecule has 2 fully saturated rings. The van der Waals surface area contributed by atoms with E-state index < -0.39 is 23.2 Å². The van der Waals surface area contributed by atoms with Crippen LogP contribution in [0.5, 0.6) is 0 Å². The maximum atomic E-state index is 13.1. The number of likely N-dealkylation sites (tertiary alicyclic amines) is 1. The number of nitrogens with zero attached hydrogens (tertiary/aromatic N) is 1. The molecule has 0 aromatic carbocycles. The van der Waals surface area contributed by atoms with Crippen LogP contribution in [0.25, 0.3) is 0 Å². The van der Waals surface area contributed by atoms with E-state index in [9.17, 15) is 13.6 Å². The Kier molecular flexibility index (Phi) is 3.28. The van der Waals surface area contributed by atoms with Crippen LogP contribution < -0.4 is 5.73 Å². The fourth-order valence-electron chi connectivity index (χ4n) is 3.05. The Balaban J connectivity index is 2.04. The Morgan fingerprint density at radius 2 is 1.95 bits per heavy atom. The van der Waals surface area contributed by atoms with Crippen molar-refractivity contribution in [1.82, 2.24) is 4.90 Å². The topological polar surface area (TPSA) is 55.6 Å². The molecule has 1 unspecified atom stereocenters. The Morgan fingerprint density at radius 3 is 2.42 bits per heavy atom. The Hall–Kier alpha value is -0.910. The molecule has 2 aliphatic rings. The van der Waals surface area contributed by atoms with Crippen LogP contribution >= 0.6 is 0 Å². The second-order valence-corrected chi connectivity index (χ2v) is 6.77. The minimum absolute atomic E-state index is 0.332. The van der Waals surface area contributed by atoms with E-state index in [2.05, 4.69) is 0 Å². The van der Waals surface area contributed by atoms with Crippen molar-refractivity contribution in [1.29, 1.82) is 0 Å². The number of nitrogens with two attached hydrogens (primary N) is 1. The zero-order valence-electron chi connectivity index (χ0n) is 11.7. The van der Waals surface area contributed by atoms with Gasteiger partial charge in [0.1, 0.15) is 5.60 Å². The first-order valence-corrected chi connectivity index (χ1v) is 6.69. The van der Waals surface area contributed by atoms with Crippen molar-refractivity contribution in [2.75, 3.05) is 6.54 Å². The molecule has 1 amide bonds. The number of alkyl halides is 2. The summed E-state index contributed by atoms with van der Waals surface area (Å²) in [7, 11) is 0. The van der Waals surface area contributed by atoms with E-state index in [0.29, 0.717) is 13.0 Å². The third kappa shape index (κ3) is 2.99. The smallest absolute Gasteiger partial charge is 0.410 e. The van der Waals surface area contributed by atoms with Gasteiger partial charge in [-0.15, -0.1) is 0 Å². The predicted molar refractivity (Wildman–Crippen MR) is 67.1 cm³/mol. The summed E-state index contributed by atoms with van der Waals surface area (Å²) in [6.07, 6.45) is 0.323. The molecule has 1 saturated heterocycles. The normalized spacial score (nSPS) is 28.9. The van der Waals surface area contributed by atoms with Crippen molar-refractivity contribution in [3.63, 3.8) is 0 Å². The number of amides is 1. The van der Waals surface area contributed by atoms with E-state index in [1.54, 1.807) is 20.8 Å². The van der Waals surface area contributed by atoms with Crippen molar-refractivity contribution >= 4 is 6.09 Å². The summed E-state index contributed by atoms with van der Waals surface area (Å²) in [5.74, 6) is -2.68. The van der Waals surface area contributed by atoms with E-state index >= 15 is 0 Å². The van der Waals surface area contributed by atoms with Crippen LogP contribution in [0.15, 0.2) is 0 Å². The molecule has 1 atom stereocenters. The summed E-state index contributed by atoms with van der Waals surface area (Å²) < 4.78 is 31.5. The number of halogens is 2. The highest BCUT2D eigenvalue weighted by Crippen LogP contribution is 2.49. The lowest BCUT2D eigenvalue weighted by molar-refractivity contribution is -0.140. The molecule has 2 N–H and O–H groups in total. The van der Waals surface area contributed by atoms with Gasteiger partial charge in [0.2, 0.25) is 0 Å². The number of hydrogen-bond donors (Lipinski definition) is 1. The molecule has 0 aromatic heterocycles. The molecular weight excluding hydrogens is 254 g/mol.